The molecule has 3 N–H and O–H groups in total. The maximum absolute atomic E-state index is 8.90. The predicted molar refractivity (Wildman–Crippen MR) is 55.0 cm³/mol. The molecule has 0 aromatic carbocycles. The molecule has 3 heteroatoms. The van der Waals surface area contributed by atoms with Gasteiger partial charge >= 0.3 is 0 Å². The Balaban J connectivity index is 4.05. The van der Waals surface area contributed by atoms with Crippen LogP contribution in [0.4, 0.5) is 0 Å². The van der Waals surface area contributed by atoms with Crippen molar-refractivity contribution in [2.24, 2.45) is 11.8 Å². The van der Waals surface area contributed by atoms with Crippen LogP contribution in [0.1, 0.15) is 40.0 Å². The van der Waals surface area contributed by atoms with Gasteiger partial charge in [-0.3, -0.25) is 0 Å². The normalized spacial score (nSPS) is 15.6. The Kier molecular flexibility index (Phi) is 5.78. The molecule has 0 fully saturated rings. The Labute approximate surface area is 85.8 Å². The van der Waals surface area contributed by atoms with Crippen molar-refractivity contribution in [3.63, 3.8) is 0 Å². The van der Waals surface area contributed by atoms with E-state index in [1.807, 2.05) is 0 Å². The first-order valence-corrected chi connectivity index (χ1v) is 5.05. The van der Waals surface area contributed by atoms with E-state index in [4.69, 9.17) is 15.3 Å². The summed E-state index contributed by atoms with van der Waals surface area (Å²) < 4.78 is 0. The highest BCUT2D eigenvalue weighted by molar-refractivity contribution is 5.04. The lowest BCUT2D eigenvalue weighted by Crippen LogP contribution is -2.38. The van der Waals surface area contributed by atoms with Crippen LogP contribution in [0.15, 0.2) is 0 Å². The Bertz CT molecular complexity index is 207. The summed E-state index contributed by atoms with van der Waals surface area (Å²) in [6.07, 6.45) is 2.97. The second-order valence-corrected chi connectivity index (χ2v) is 3.69. The molecule has 0 heterocycles. The summed E-state index contributed by atoms with van der Waals surface area (Å²) >= 11 is 0. The van der Waals surface area contributed by atoms with E-state index in [2.05, 4.69) is 18.8 Å². The van der Waals surface area contributed by atoms with E-state index in [1.54, 1.807) is 13.8 Å². The fourth-order valence-electron chi connectivity index (χ4n) is 0.959. The summed E-state index contributed by atoms with van der Waals surface area (Å²) in [5.74, 6) is 2.32. The number of hydrogen-bond acceptors (Lipinski definition) is 3. The monoisotopic (exact) mass is 200 g/mol. The molecule has 14 heavy (non-hydrogen) atoms. The van der Waals surface area contributed by atoms with Crippen LogP contribution in [0, 0.1) is 23.7 Å². The van der Waals surface area contributed by atoms with Crippen molar-refractivity contribution in [2.45, 2.75) is 46.0 Å². The topological polar surface area (TPSA) is 60.7 Å². The lowest BCUT2D eigenvalue weighted by molar-refractivity contribution is -0.343. The molecule has 0 amide bonds. The standard InChI is InChI=1S/C11H20O3/c1-4-5-6-7-8-9(2)10(3)11(12,13)14/h9-10,12-14H,4-6H2,1-3H3. The number of rotatable bonds is 4. The number of unbranched alkanes of at least 4 members (excludes halogenated alkanes) is 2. The Morgan fingerprint density at radius 3 is 2.21 bits per heavy atom. The zero-order chi connectivity index (χ0) is 11.2. The van der Waals surface area contributed by atoms with Gasteiger partial charge in [-0.25, -0.2) is 0 Å². The second-order valence-electron chi connectivity index (χ2n) is 3.69. The van der Waals surface area contributed by atoms with Crippen molar-refractivity contribution in [1.82, 2.24) is 0 Å². The smallest absolute Gasteiger partial charge is 0.279 e. The van der Waals surface area contributed by atoms with Gasteiger partial charge in [-0.05, 0) is 6.42 Å². The zero-order valence-electron chi connectivity index (χ0n) is 9.12. The minimum absolute atomic E-state index is 0.230. The summed E-state index contributed by atoms with van der Waals surface area (Å²) in [4.78, 5) is 0. The molecule has 0 aromatic rings. The number of aliphatic hydroxyl groups is 3. The molecule has 82 valence electrons. The molecule has 0 aliphatic rings. The first-order valence-electron chi connectivity index (χ1n) is 5.05. The minimum atomic E-state index is -2.63. The predicted octanol–water partition coefficient (Wildman–Crippen LogP) is 1.08. The van der Waals surface area contributed by atoms with Gasteiger partial charge in [0.2, 0.25) is 0 Å². The first kappa shape index (κ1) is 13.4. The van der Waals surface area contributed by atoms with Gasteiger partial charge in [0.25, 0.3) is 5.97 Å². The number of hydrogen-bond donors (Lipinski definition) is 3. The average molecular weight is 200 g/mol. The van der Waals surface area contributed by atoms with Crippen LogP contribution in [0.2, 0.25) is 0 Å². The van der Waals surface area contributed by atoms with Crippen molar-refractivity contribution in [2.75, 3.05) is 0 Å². The molecule has 2 atom stereocenters. The molecule has 2 unspecified atom stereocenters. The molecular weight excluding hydrogens is 180 g/mol. The summed E-state index contributed by atoms with van der Waals surface area (Å²) in [7, 11) is 0. The zero-order valence-corrected chi connectivity index (χ0v) is 9.12. The lowest BCUT2D eigenvalue weighted by atomic mass is 9.94. The third-order valence-corrected chi connectivity index (χ3v) is 2.35. The minimum Gasteiger partial charge on any atom is -0.343 e. The van der Waals surface area contributed by atoms with Crippen molar-refractivity contribution < 1.29 is 15.3 Å². The van der Waals surface area contributed by atoms with E-state index in [-0.39, 0.29) is 5.92 Å². The van der Waals surface area contributed by atoms with Gasteiger partial charge in [0.15, 0.2) is 0 Å². The van der Waals surface area contributed by atoms with Crippen LogP contribution in [0.25, 0.3) is 0 Å². The van der Waals surface area contributed by atoms with Gasteiger partial charge < -0.3 is 15.3 Å². The molecule has 0 radical (unpaired) electrons. The van der Waals surface area contributed by atoms with E-state index in [0.29, 0.717) is 0 Å². The molecule has 0 aliphatic heterocycles. The average Bonchev–Trinajstić information content (AvgIpc) is 2.09. The van der Waals surface area contributed by atoms with Gasteiger partial charge in [0.1, 0.15) is 0 Å². The van der Waals surface area contributed by atoms with E-state index >= 15 is 0 Å². The summed E-state index contributed by atoms with van der Waals surface area (Å²) in [5.41, 5.74) is 0. The Morgan fingerprint density at radius 2 is 1.79 bits per heavy atom. The summed E-state index contributed by atoms with van der Waals surface area (Å²) in [6, 6.07) is 0. The highest BCUT2D eigenvalue weighted by atomic mass is 16.7. The van der Waals surface area contributed by atoms with Gasteiger partial charge in [0.05, 0.1) is 5.92 Å². The van der Waals surface area contributed by atoms with Gasteiger partial charge in [-0.15, -0.1) is 5.92 Å². The molecule has 0 bridgehead atoms. The van der Waals surface area contributed by atoms with Crippen molar-refractivity contribution in [1.29, 1.82) is 0 Å². The van der Waals surface area contributed by atoms with Crippen LogP contribution >= 0.6 is 0 Å². The molecular formula is C11H20O3. The SMILES string of the molecule is CCCCC#CC(C)C(C)C(O)(O)O. The van der Waals surface area contributed by atoms with Crippen LogP contribution in [-0.2, 0) is 0 Å². The van der Waals surface area contributed by atoms with E-state index < -0.39 is 11.9 Å². The maximum atomic E-state index is 8.90. The second kappa shape index (κ2) is 6.02. The fourth-order valence-corrected chi connectivity index (χ4v) is 0.959. The quantitative estimate of drug-likeness (QED) is 0.361. The van der Waals surface area contributed by atoms with Gasteiger partial charge in [-0.2, -0.15) is 0 Å². The van der Waals surface area contributed by atoms with Crippen molar-refractivity contribution in [3.8, 4) is 11.8 Å². The Hall–Kier alpha value is -0.560. The lowest BCUT2D eigenvalue weighted by Gasteiger charge is -2.24. The first-order chi connectivity index (χ1) is 6.39. The Morgan fingerprint density at radius 1 is 1.21 bits per heavy atom. The molecule has 3 nitrogen and oxygen atoms in total. The van der Waals surface area contributed by atoms with E-state index in [9.17, 15) is 0 Å². The third-order valence-electron chi connectivity index (χ3n) is 2.35. The van der Waals surface area contributed by atoms with Crippen LogP contribution in [0.5, 0.6) is 0 Å². The van der Waals surface area contributed by atoms with Gasteiger partial charge in [0, 0.05) is 12.3 Å². The molecule has 0 spiro atoms. The van der Waals surface area contributed by atoms with Crippen LogP contribution < -0.4 is 0 Å². The molecule has 0 aliphatic carbocycles. The highest BCUT2D eigenvalue weighted by Gasteiger charge is 2.31. The maximum Gasteiger partial charge on any atom is 0.279 e. The highest BCUT2D eigenvalue weighted by Crippen LogP contribution is 2.19. The summed E-state index contributed by atoms with van der Waals surface area (Å²) in [6.45, 7) is 5.41. The van der Waals surface area contributed by atoms with Crippen molar-refractivity contribution >= 4 is 0 Å². The van der Waals surface area contributed by atoms with E-state index in [0.717, 1.165) is 19.3 Å². The van der Waals surface area contributed by atoms with E-state index in [1.165, 1.54) is 0 Å². The fraction of sp³-hybridized carbons (Fsp3) is 0.818. The third kappa shape index (κ3) is 5.23. The van der Waals surface area contributed by atoms with Crippen molar-refractivity contribution in [3.05, 3.63) is 0 Å². The molecule has 0 aromatic heterocycles. The molecule has 0 saturated heterocycles. The summed E-state index contributed by atoms with van der Waals surface area (Å²) in [5, 5.41) is 26.7. The molecule has 0 saturated carbocycles. The largest absolute Gasteiger partial charge is 0.343 e. The van der Waals surface area contributed by atoms with Crippen LogP contribution in [-0.4, -0.2) is 21.3 Å². The van der Waals surface area contributed by atoms with Gasteiger partial charge in [-0.1, -0.05) is 33.1 Å². The van der Waals surface area contributed by atoms with Crippen LogP contribution in [0.3, 0.4) is 0 Å². The molecule has 0 rings (SSSR count).